The first-order valence-corrected chi connectivity index (χ1v) is 9.03. The molecule has 0 N–H and O–H groups in total. The molecule has 112 valence electrons. The van der Waals surface area contributed by atoms with Crippen LogP contribution in [0.15, 0.2) is 41.2 Å². The van der Waals surface area contributed by atoms with Crippen molar-refractivity contribution in [2.75, 3.05) is 0 Å². The molecule has 0 saturated heterocycles. The number of nitrogens with zero attached hydrogens (tertiary/aromatic N) is 2. The third-order valence-electron chi connectivity index (χ3n) is 3.63. The number of hydrogen-bond acceptors (Lipinski definition) is 2. The summed E-state index contributed by atoms with van der Waals surface area (Å²) in [5.74, 6) is 0.747. The van der Waals surface area contributed by atoms with Gasteiger partial charge in [-0.15, -0.1) is 0 Å². The summed E-state index contributed by atoms with van der Waals surface area (Å²) in [5, 5.41) is 0.689. The normalized spacial score (nSPS) is 11.1. The van der Waals surface area contributed by atoms with Gasteiger partial charge in [-0.05, 0) is 76.7 Å². The Morgan fingerprint density at radius 2 is 1.77 bits per heavy atom. The molecule has 0 atom stereocenters. The number of rotatable bonds is 2. The maximum Gasteiger partial charge on any atom is 0.261 e. The van der Waals surface area contributed by atoms with Crippen molar-refractivity contribution in [1.82, 2.24) is 9.55 Å². The van der Waals surface area contributed by atoms with Crippen molar-refractivity contribution < 1.29 is 0 Å². The van der Waals surface area contributed by atoms with Crippen molar-refractivity contribution >= 4 is 56.1 Å². The summed E-state index contributed by atoms with van der Waals surface area (Å²) in [4.78, 5) is 17.5. The summed E-state index contributed by atoms with van der Waals surface area (Å²) in [5.41, 5.74) is 3.15. The summed E-state index contributed by atoms with van der Waals surface area (Å²) in [7, 11) is 0. The average Bonchev–Trinajstić information content (AvgIpc) is 2.47. The summed E-state index contributed by atoms with van der Waals surface area (Å²) in [6.07, 6.45) is 0. The predicted octanol–water partition coefficient (Wildman–Crippen LogP) is 4.27. The van der Waals surface area contributed by atoms with Gasteiger partial charge in [0.1, 0.15) is 5.82 Å². The minimum atomic E-state index is 0.0273. The van der Waals surface area contributed by atoms with Crippen LogP contribution in [0.5, 0.6) is 0 Å². The number of benzene rings is 2. The smallest absolute Gasteiger partial charge is 0.261 e. The molecule has 0 aliphatic heterocycles. The molecule has 0 saturated carbocycles. The fourth-order valence-corrected chi connectivity index (χ4v) is 4.38. The van der Waals surface area contributed by atoms with Crippen LogP contribution < -0.4 is 5.56 Å². The van der Waals surface area contributed by atoms with E-state index in [1.54, 1.807) is 4.57 Å². The van der Waals surface area contributed by atoms with Gasteiger partial charge in [0.15, 0.2) is 0 Å². The first-order valence-electron chi connectivity index (χ1n) is 6.87. The Labute approximate surface area is 156 Å². The van der Waals surface area contributed by atoms with Gasteiger partial charge in [0.25, 0.3) is 5.56 Å². The number of halogens is 2. The molecule has 3 rings (SSSR count). The molecule has 0 aliphatic rings. The van der Waals surface area contributed by atoms with Gasteiger partial charge in [-0.2, -0.15) is 0 Å². The molecule has 0 spiro atoms. The lowest BCUT2D eigenvalue weighted by molar-refractivity contribution is 0.712. The highest BCUT2D eigenvalue weighted by Crippen LogP contribution is 2.20. The van der Waals surface area contributed by atoms with E-state index in [2.05, 4.69) is 81.4 Å². The Morgan fingerprint density at radius 1 is 1.09 bits per heavy atom. The lowest BCUT2D eigenvalue weighted by Gasteiger charge is -2.12. The molecular weight excluding hydrogens is 502 g/mol. The van der Waals surface area contributed by atoms with Crippen LogP contribution in [-0.2, 0) is 6.54 Å². The third kappa shape index (κ3) is 3.05. The first-order chi connectivity index (χ1) is 10.5. The van der Waals surface area contributed by atoms with Crippen LogP contribution in [0.25, 0.3) is 10.9 Å². The quantitative estimate of drug-likeness (QED) is 0.478. The molecule has 22 heavy (non-hydrogen) atoms. The fourth-order valence-electron chi connectivity index (χ4n) is 2.42. The van der Waals surface area contributed by atoms with Crippen LogP contribution >= 0.6 is 45.2 Å². The number of aromatic nitrogens is 2. The van der Waals surface area contributed by atoms with Crippen molar-refractivity contribution in [2.45, 2.75) is 20.4 Å². The number of aryl methyl sites for hydroxylation is 2. The summed E-state index contributed by atoms with van der Waals surface area (Å²) < 4.78 is 3.82. The minimum absolute atomic E-state index is 0.0273. The van der Waals surface area contributed by atoms with Gasteiger partial charge in [-0.25, -0.2) is 4.98 Å². The number of hydrogen-bond donors (Lipinski definition) is 0. The molecule has 0 amide bonds. The molecule has 0 fully saturated rings. The van der Waals surface area contributed by atoms with E-state index < -0.39 is 0 Å². The van der Waals surface area contributed by atoms with E-state index in [0.717, 1.165) is 24.0 Å². The molecule has 0 aliphatic carbocycles. The van der Waals surface area contributed by atoms with E-state index in [0.29, 0.717) is 11.9 Å². The monoisotopic (exact) mass is 516 g/mol. The van der Waals surface area contributed by atoms with Crippen molar-refractivity contribution in [1.29, 1.82) is 0 Å². The highest BCUT2D eigenvalue weighted by atomic mass is 127. The maximum atomic E-state index is 12.8. The molecule has 1 heterocycles. The van der Waals surface area contributed by atoms with Crippen LogP contribution in [0.1, 0.15) is 17.0 Å². The summed E-state index contributed by atoms with van der Waals surface area (Å²) >= 11 is 4.48. The summed E-state index contributed by atoms with van der Waals surface area (Å²) in [6, 6.07) is 12.2. The van der Waals surface area contributed by atoms with Crippen LogP contribution in [0.3, 0.4) is 0 Å². The fraction of sp³-hybridized carbons (Fsp3) is 0.176. The Hall–Kier alpha value is -0.960. The van der Waals surface area contributed by atoms with Gasteiger partial charge in [0.05, 0.1) is 17.4 Å². The highest BCUT2D eigenvalue weighted by molar-refractivity contribution is 14.1. The topological polar surface area (TPSA) is 34.9 Å². The molecule has 3 aromatic rings. The van der Waals surface area contributed by atoms with Gasteiger partial charge in [0, 0.05) is 7.14 Å². The molecule has 1 aromatic heterocycles. The first kappa shape index (κ1) is 15.9. The molecule has 3 nitrogen and oxygen atoms in total. The lowest BCUT2D eigenvalue weighted by Crippen LogP contribution is -2.24. The van der Waals surface area contributed by atoms with Crippen molar-refractivity contribution in [2.24, 2.45) is 0 Å². The van der Waals surface area contributed by atoms with Crippen LogP contribution in [-0.4, -0.2) is 9.55 Å². The summed E-state index contributed by atoms with van der Waals surface area (Å²) in [6.45, 7) is 4.50. The Bertz CT molecular complexity index is 915. The van der Waals surface area contributed by atoms with Crippen molar-refractivity contribution in [3.05, 3.63) is 70.8 Å². The van der Waals surface area contributed by atoms with Crippen LogP contribution in [0, 0.1) is 21.0 Å². The van der Waals surface area contributed by atoms with Gasteiger partial charge in [-0.3, -0.25) is 9.36 Å². The number of fused-ring (bicyclic) bond motifs is 1. The zero-order chi connectivity index (χ0) is 15.9. The minimum Gasteiger partial charge on any atom is -0.292 e. The SMILES string of the molecule is Cc1ccc(Cn2c(C)nc3c(I)cc(I)cc3c2=O)cc1. The average molecular weight is 516 g/mol. The van der Waals surface area contributed by atoms with Crippen LogP contribution in [0.2, 0.25) is 0 Å². The van der Waals surface area contributed by atoms with Gasteiger partial charge in [0.2, 0.25) is 0 Å². The standard InChI is InChI=1S/C17H14I2N2O/c1-10-3-5-12(6-4-10)9-21-11(2)20-16-14(17(21)22)7-13(18)8-15(16)19/h3-8H,9H2,1-2H3. The molecule has 5 heteroatoms. The lowest BCUT2D eigenvalue weighted by atomic mass is 10.1. The Kier molecular flexibility index (Phi) is 4.54. The van der Waals surface area contributed by atoms with E-state index in [1.807, 2.05) is 19.1 Å². The van der Waals surface area contributed by atoms with E-state index >= 15 is 0 Å². The third-order valence-corrected chi connectivity index (χ3v) is 5.07. The molecular formula is C17H14I2N2O. The zero-order valence-electron chi connectivity index (χ0n) is 12.2. The predicted molar refractivity (Wildman–Crippen MR) is 106 cm³/mol. The van der Waals surface area contributed by atoms with Gasteiger partial charge in [-0.1, -0.05) is 29.8 Å². The van der Waals surface area contributed by atoms with Gasteiger partial charge < -0.3 is 0 Å². The van der Waals surface area contributed by atoms with E-state index in [1.165, 1.54) is 5.56 Å². The van der Waals surface area contributed by atoms with Gasteiger partial charge >= 0.3 is 0 Å². The molecule has 0 unspecified atom stereocenters. The van der Waals surface area contributed by atoms with Crippen LogP contribution in [0.4, 0.5) is 0 Å². The Morgan fingerprint density at radius 3 is 2.45 bits per heavy atom. The van der Waals surface area contributed by atoms with E-state index in [4.69, 9.17) is 0 Å². The maximum absolute atomic E-state index is 12.8. The molecule has 0 radical (unpaired) electrons. The van der Waals surface area contributed by atoms with Crippen molar-refractivity contribution in [3.63, 3.8) is 0 Å². The largest absolute Gasteiger partial charge is 0.292 e. The van der Waals surface area contributed by atoms with E-state index in [-0.39, 0.29) is 5.56 Å². The molecule has 2 aromatic carbocycles. The second kappa shape index (κ2) is 6.27. The van der Waals surface area contributed by atoms with Crippen molar-refractivity contribution in [3.8, 4) is 0 Å². The zero-order valence-corrected chi connectivity index (χ0v) is 16.5. The highest BCUT2D eigenvalue weighted by Gasteiger charge is 2.11. The van der Waals surface area contributed by atoms with E-state index in [9.17, 15) is 4.79 Å². The second-order valence-electron chi connectivity index (χ2n) is 5.32. The second-order valence-corrected chi connectivity index (χ2v) is 7.73. The Balaban J connectivity index is 2.18. The molecule has 0 bridgehead atoms.